The second-order valence-corrected chi connectivity index (χ2v) is 5.12. The number of para-hydroxylation sites is 1. The summed E-state index contributed by atoms with van der Waals surface area (Å²) in [7, 11) is 0. The molecule has 4 nitrogen and oxygen atoms in total. The maximum absolute atomic E-state index is 6.04. The summed E-state index contributed by atoms with van der Waals surface area (Å²) in [5, 5.41) is 0. The van der Waals surface area contributed by atoms with Crippen LogP contribution in [0.1, 0.15) is 30.0 Å². The molecular formula is C16H19N3O. The third-order valence-electron chi connectivity index (χ3n) is 3.49. The fourth-order valence-corrected chi connectivity index (χ4v) is 2.29. The molecule has 0 bridgehead atoms. The van der Waals surface area contributed by atoms with Crippen molar-refractivity contribution in [1.82, 2.24) is 5.43 Å². The predicted octanol–water partition coefficient (Wildman–Crippen LogP) is 2.36. The van der Waals surface area contributed by atoms with E-state index in [2.05, 4.69) is 5.43 Å². The first-order valence-electron chi connectivity index (χ1n) is 6.85. The Balaban J connectivity index is 1.90. The van der Waals surface area contributed by atoms with E-state index in [4.69, 9.17) is 16.3 Å². The van der Waals surface area contributed by atoms with Crippen LogP contribution in [0.5, 0.6) is 5.75 Å². The number of benzene rings is 2. The maximum Gasteiger partial charge on any atom is 0.120 e. The zero-order valence-electron chi connectivity index (χ0n) is 11.3. The van der Waals surface area contributed by atoms with Crippen LogP contribution >= 0.6 is 0 Å². The zero-order chi connectivity index (χ0) is 13.9. The predicted molar refractivity (Wildman–Crippen MR) is 80.1 cm³/mol. The van der Waals surface area contributed by atoms with Gasteiger partial charge in [0.15, 0.2) is 0 Å². The number of hydrogen-bond acceptors (Lipinski definition) is 4. The van der Waals surface area contributed by atoms with Gasteiger partial charge in [-0.3, -0.25) is 5.84 Å². The van der Waals surface area contributed by atoms with Crippen molar-refractivity contribution in [2.24, 2.45) is 5.84 Å². The van der Waals surface area contributed by atoms with Gasteiger partial charge in [-0.15, -0.1) is 0 Å². The molecule has 1 aliphatic rings. The minimum Gasteiger partial charge on any atom is -0.490 e. The molecule has 0 radical (unpaired) electrons. The minimum atomic E-state index is -0.140. The minimum absolute atomic E-state index is 0.140. The molecule has 2 aromatic carbocycles. The Bertz CT molecular complexity index is 596. The summed E-state index contributed by atoms with van der Waals surface area (Å²) < 4.78 is 5.83. The average Bonchev–Trinajstić information content (AvgIpc) is 3.26. The fraction of sp³-hybridized carbons (Fsp3) is 0.250. The molecule has 3 rings (SSSR count). The Morgan fingerprint density at radius 2 is 1.90 bits per heavy atom. The maximum atomic E-state index is 6.04. The smallest absolute Gasteiger partial charge is 0.120 e. The van der Waals surface area contributed by atoms with Crippen molar-refractivity contribution in [1.29, 1.82) is 0 Å². The van der Waals surface area contributed by atoms with Crippen molar-refractivity contribution in [2.75, 3.05) is 5.73 Å². The van der Waals surface area contributed by atoms with Gasteiger partial charge in [-0.05, 0) is 42.2 Å². The van der Waals surface area contributed by atoms with E-state index < -0.39 is 0 Å². The van der Waals surface area contributed by atoms with E-state index in [1.165, 1.54) is 0 Å². The van der Waals surface area contributed by atoms with Crippen molar-refractivity contribution in [3.05, 3.63) is 59.7 Å². The van der Waals surface area contributed by atoms with E-state index in [1.807, 2.05) is 48.5 Å². The summed E-state index contributed by atoms with van der Waals surface area (Å²) in [6.07, 6.45) is 2.68. The summed E-state index contributed by atoms with van der Waals surface area (Å²) in [4.78, 5) is 0. The number of anilines is 1. The lowest BCUT2D eigenvalue weighted by molar-refractivity contribution is 0.302. The van der Waals surface area contributed by atoms with Crippen molar-refractivity contribution in [2.45, 2.75) is 25.0 Å². The van der Waals surface area contributed by atoms with Gasteiger partial charge in [-0.25, -0.2) is 5.43 Å². The number of nitrogen functional groups attached to an aromatic ring is 1. The number of ether oxygens (including phenoxy) is 1. The summed E-state index contributed by atoms with van der Waals surface area (Å²) in [6, 6.07) is 15.6. The van der Waals surface area contributed by atoms with Crippen LogP contribution in [-0.2, 0) is 0 Å². The lowest BCUT2D eigenvalue weighted by Crippen LogP contribution is -2.29. The first-order chi connectivity index (χ1) is 9.78. The molecular weight excluding hydrogens is 250 g/mol. The van der Waals surface area contributed by atoms with Gasteiger partial charge in [-0.2, -0.15) is 0 Å². The molecule has 2 aromatic rings. The monoisotopic (exact) mass is 269 g/mol. The van der Waals surface area contributed by atoms with E-state index in [-0.39, 0.29) is 6.04 Å². The van der Waals surface area contributed by atoms with Gasteiger partial charge in [0.25, 0.3) is 0 Å². The highest BCUT2D eigenvalue weighted by atomic mass is 16.5. The van der Waals surface area contributed by atoms with Gasteiger partial charge in [0.2, 0.25) is 0 Å². The van der Waals surface area contributed by atoms with E-state index in [1.54, 1.807) is 0 Å². The molecule has 0 aliphatic heterocycles. The molecule has 0 saturated heterocycles. The molecule has 104 valence electrons. The largest absolute Gasteiger partial charge is 0.490 e. The highest BCUT2D eigenvalue weighted by molar-refractivity contribution is 5.51. The molecule has 1 saturated carbocycles. The Morgan fingerprint density at radius 1 is 1.10 bits per heavy atom. The van der Waals surface area contributed by atoms with Gasteiger partial charge < -0.3 is 10.5 Å². The highest BCUT2D eigenvalue weighted by Crippen LogP contribution is 2.31. The average molecular weight is 269 g/mol. The molecule has 1 aliphatic carbocycles. The quantitative estimate of drug-likeness (QED) is 0.442. The van der Waals surface area contributed by atoms with Gasteiger partial charge in [0.05, 0.1) is 12.1 Å². The Hall–Kier alpha value is -2.04. The molecule has 0 spiro atoms. The second-order valence-electron chi connectivity index (χ2n) is 5.12. The van der Waals surface area contributed by atoms with Gasteiger partial charge in [0.1, 0.15) is 5.75 Å². The van der Waals surface area contributed by atoms with E-state index in [9.17, 15) is 0 Å². The number of hydrazine groups is 1. The number of hydrogen-bond donors (Lipinski definition) is 3. The molecule has 5 N–H and O–H groups in total. The molecule has 1 unspecified atom stereocenters. The molecule has 1 atom stereocenters. The van der Waals surface area contributed by atoms with Crippen molar-refractivity contribution in [3.8, 4) is 5.75 Å². The van der Waals surface area contributed by atoms with Crippen LogP contribution in [0.4, 0.5) is 5.69 Å². The number of nitrogens with two attached hydrogens (primary N) is 2. The normalized spacial score (nSPS) is 15.8. The van der Waals surface area contributed by atoms with Gasteiger partial charge in [0, 0.05) is 5.69 Å². The van der Waals surface area contributed by atoms with E-state index in [0.717, 1.165) is 35.4 Å². The third kappa shape index (κ3) is 2.76. The highest BCUT2D eigenvalue weighted by Gasteiger charge is 2.24. The summed E-state index contributed by atoms with van der Waals surface area (Å²) in [5.41, 5.74) is 11.6. The zero-order valence-corrected chi connectivity index (χ0v) is 11.3. The van der Waals surface area contributed by atoms with Crippen LogP contribution in [0.3, 0.4) is 0 Å². The van der Waals surface area contributed by atoms with Crippen LogP contribution in [-0.4, -0.2) is 6.10 Å². The van der Waals surface area contributed by atoms with Crippen LogP contribution in [0.25, 0.3) is 0 Å². The van der Waals surface area contributed by atoms with Gasteiger partial charge >= 0.3 is 0 Å². The number of nitrogens with one attached hydrogen (secondary N) is 1. The van der Waals surface area contributed by atoms with Crippen molar-refractivity contribution >= 4 is 5.69 Å². The summed E-state index contributed by atoms with van der Waals surface area (Å²) in [5.74, 6) is 6.61. The Labute approximate surface area is 118 Å². The third-order valence-corrected chi connectivity index (χ3v) is 3.49. The summed E-state index contributed by atoms with van der Waals surface area (Å²) in [6.45, 7) is 0. The van der Waals surface area contributed by atoms with Crippen LogP contribution in [0.2, 0.25) is 0 Å². The summed E-state index contributed by atoms with van der Waals surface area (Å²) >= 11 is 0. The topological polar surface area (TPSA) is 73.3 Å². The van der Waals surface area contributed by atoms with E-state index in [0.29, 0.717) is 6.10 Å². The molecule has 1 fully saturated rings. The van der Waals surface area contributed by atoms with Crippen molar-refractivity contribution < 1.29 is 4.74 Å². The molecule has 20 heavy (non-hydrogen) atoms. The SMILES string of the molecule is NNC(c1cccc(OC2CC2)c1)c1ccccc1N. The van der Waals surface area contributed by atoms with Crippen LogP contribution in [0, 0.1) is 0 Å². The molecule has 0 heterocycles. The molecule has 0 amide bonds. The second kappa shape index (κ2) is 5.53. The van der Waals surface area contributed by atoms with Gasteiger partial charge in [-0.1, -0.05) is 30.3 Å². The van der Waals surface area contributed by atoms with Crippen molar-refractivity contribution in [3.63, 3.8) is 0 Å². The molecule has 4 heteroatoms. The fourth-order valence-electron chi connectivity index (χ4n) is 2.29. The van der Waals surface area contributed by atoms with Crippen LogP contribution < -0.4 is 21.7 Å². The Kier molecular flexibility index (Phi) is 3.58. The molecule has 0 aromatic heterocycles. The standard InChI is InChI=1S/C16H19N3O/c17-15-7-2-1-6-14(15)16(19-18)11-4-3-5-13(10-11)20-12-8-9-12/h1-7,10,12,16,19H,8-9,17-18H2. The Morgan fingerprint density at radius 3 is 2.60 bits per heavy atom. The first-order valence-corrected chi connectivity index (χ1v) is 6.85. The van der Waals surface area contributed by atoms with E-state index >= 15 is 0 Å². The number of rotatable bonds is 5. The van der Waals surface area contributed by atoms with Crippen LogP contribution in [0.15, 0.2) is 48.5 Å². The lowest BCUT2D eigenvalue weighted by atomic mass is 9.98. The lowest BCUT2D eigenvalue weighted by Gasteiger charge is -2.19. The first kappa shape index (κ1) is 13.0.